The normalized spacial score (nSPS) is 11.7. The third-order valence-corrected chi connectivity index (χ3v) is 5.10. The van der Waals surface area contributed by atoms with Crippen molar-refractivity contribution in [2.75, 3.05) is 13.1 Å². The van der Waals surface area contributed by atoms with E-state index in [2.05, 4.69) is 32.7 Å². The first-order chi connectivity index (χ1) is 11.3. The molecule has 0 N–H and O–H groups in total. The van der Waals surface area contributed by atoms with Crippen LogP contribution in [0, 0.1) is 18.8 Å². The molecule has 0 unspecified atom stereocenters. The Kier molecular flexibility index (Phi) is 5.80. The number of amides is 1. The Balaban J connectivity index is 2.50. The van der Waals surface area contributed by atoms with Crippen LogP contribution < -0.4 is 5.56 Å². The maximum Gasteiger partial charge on any atom is 0.264 e. The molecule has 2 rings (SSSR count). The van der Waals surface area contributed by atoms with Crippen LogP contribution in [0.2, 0.25) is 0 Å². The number of rotatable bonds is 6. The van der Waals surface area contributed by atoms with Gasteiger partial charge in [0.15, 0.2) is 0 Å². The molecule has 0 bridgehead atoms. The van der Waals surface area contributed by atoms with Crippen LogP contribution in [0.3, 0.4) is 0 Å². The molecule has 0 saturated heterocycles. The molecule has 6 heteroatoms. The third-order valence-electron chi connectivity index (χ3n) is 3.91. The summed E-state index contributed by atoms with van der Waals surface area (Å²) >= 11 is 1.33. The standard InChI is InChI=1S/C18H27N3O2S/c1-7-20-10-19-16-14(17(20)22)13(6)15(24-16)18(23)21(8-11(2)3)9-12(4)5/h10-12H,7-9H2,1-6H3. The molecular formula is C18H27N3O2S. The van der Waals surface area contributed by atoms with Crippen LogP contribution in [0.15, 0.2) is 11.1 Å². The van der Waals surface area contributed by atoms with Crippen molar-refractivity contribution >= 4 is 27.5 Å². The van der Waals surface area contributed by atoms with Gasteiger partial charge in [0.05, 0.1) is 16.6 Å². The van der Waals surface area contributed by atoms with Crippen LogP contribution >= 0.6 is 11.3 Å². The molecule has 1 amide bonds. The van der Waals surface area contributed by atoms with Crippen LogP contribution in [0.5, 0.6) is 0 Å². The molecular weight excluding hydrogens is 322 g/mol. The van der Waals surface area contributed by atoms with E-state index in [0.717, 1.165) is 18.7 Å². The maximum absolute atomic E-state index is 13.1. The molecule has 132 valence electrons. The van der Waals surface area contributed by atoms with Crippen molar-refractivity contribution < 1.29 is 4.79 Å². The average molecular weight is 350 g/mol. The second kappa shape index (κ2) is 7.47. The zero-order valence-electron chi connectivity index (χ0n) is 15.4. The van der Waals surface area contributed by atoms with Gasteiger partial charge >= 0.3 is 0 Å². The molecule has 5 nitrogen and oxygen atoms in total. The monoisotopic (exact) mass is 349 g/mol. The predicted octanol–water partition coefficient (Wildman–Crippen LogP) is 3.54. The molecule has 0 radical (unpaired) electrons. The second-order valence-corrected chi connectivity index (χ2v) is 8.07. The smallest absolute Gasteiger partial charge is 0.264 e. The first-order valence-corrected chi connectivity index (χ1v) is 9.35. The van der Waals surface area contributed by atoms with Gasteiger partial charge in [0.1, 0.15) is 4.83 Å². The van der Waals surface area contributed by atoms with Crippen molar-refractivity contribution in [3.05, 3.63) is 27.1 Å². The molecule has 2 heterocycles. The fourth-order valence-corrected chi connectivity index (χ4v) is 3.96. The summed E-state index contributed by atoms with van der Waals surface area (Å²) in [5, 5.41) is 0.585. The summed E-state index contributed by atoms with van der Waals surface area (Å²) in [6.45, 7) is 14.2. The van der Waals surface area contributed by atoms with Gasteiger partial charge in [-0.25, -0.2) is 4.98 Å². The summed E-state index contributed by atoms with van der Waals surface area (Å²) in [6.07, 6.45) is 1.56. The van der Waals surface area contributed by atoms with Crippen molar-refractivity contribution in [2.24, 2.45) is 11.8 Å². The lowest BCUT2D eigenvalue weighted by molar-refractivity contribution is 0.0719. The maximum atomic E-state index is 13.1. The highest BCUT2D eigenvalue weighted by Gasteiger charge is 2.24. The van der Waals surface area contributed by atoms with Gasteiger partial charge in [-0.2, -0.15) is 0 Å². The number of aryl methyl sites for hydroxylation is 2. The van der Waals surface area contributed by atoms with E-state index in [1.807, 2.05) is 18.7 Å². The summed E-state index contributed by atoms with van der Waals surface area (Å²) in [5.74, 6) is 0.816. The molecule has 0 spiro atoms. The molecule has 0 saturated carbocycles. The predicted molar refractivity (Wildman–Crippen MR) is 99.9 cm³/mol. The van der Waals surface area contributed by atoms with E-state index in [9.17, 15) is 9.59 Å². The van der Waals surface area contributed by atoms with Gasteiger partial charge in [-0.15, -0.1) is 11.3 Å². The van der Waals surface area contributed by atoms with Crippen molar-refractivity contribution in [1.29, 1.82) is 0 Å². The topological polar surface area (TPSA) is 55.2 Å². The van der Waals surface area contributed by atoms with E-state index in [0.29, 0.717) is 33.5 Å². The molecule has 2 aromatic heterocycles. The van der Waals surface area contributed by atoms with E-state index < -0.39 is 0 Å². The zero-order chi connectivity index (χ0) is 18.0. The highest BCUT2D eigenvalue weighted by Crippen LogP contribution is 2.28. The number of fused-ring (bicyclic) bond motifs is 1. The van der Waals surface area contributed by atoms with Crippen molar-refractivity contribution in [1.82, 2.24) is 14.5 Å². The minimum Gasteiger partial charge on any atom is -0.337 e. The Bertz CT molecular complexity index is 779. The Morgan fingerprint density at radius 3 is 2.33 bits per heavy atom. The van der Waals surface area contributed by atoms with E-state index in [4.69, 9.17) is 0 Å². The Morgan fingerprint density at radius 1 is 1.25 bits per heavy atom. The van der Waals surface area contributed by atoms with Gasteiger partial charge < -0.3 is 4.90 Å². The third kappa shape index (κ3) is 3.69. The molecule has 24 heavy (non-hydrogen) atoms. The number of carbonyl (C=O) groups excluding carboxylic acids is 1. The van der Waals surface area contributed by atoms with E-state index >= 15 is 0 Å². The molecule has 2 aromatic rings. The van der Waals surface area contributed by atoms with Crippen LogP contribution in [0.25, 0.3) is 10.2 Å². The quantitative estimate of drug-likeness (QED) is 0.801. The summed E-state index contributed by atoms with van der Waals surface area (Å²) in [4.78, 5) is 33.2. The van der Waals surface area contributed by atoms with Crippen LogP contribution in [0.1, 0.15) is 49.9 Å². The SMILES string of the molecule is CCn1cnc2sc(C(=O)N(CC(C)C)CC(C)C)c(C)c2c1=O. The van der Waals surface area contributed by atoms with Gasteiger partial charge in [0.2, 0.25) is 0 Å². The lowest BCUT2D eigenvalue weighted by Gasteiger charge is -2.26. The van der Waals surface area contributed by atoms with Gasteiger partial charge in [-0.1, -0.05) is 27.7 Å². The van der Waals surface area contributed by atoms with E-state index in [1.165, 1.54) is 11.3 Å². The summed E-state index contributed by atoms with van der Waals surface area (Å²) < 4.78 is 1.58. The lowest BCUT2D eigenvalue weighted by Crippen LogP contribution is -2.36. The van der Waals surface area contributed by atoms with Crippen LogP contribution in [0.4, 0.5) is 0 Å². The summed E-state index contributed by atoms with van der Waals surface area (Å²) in [6, 6.07) is 0. The lowest BCUT2D eigenvalue weighted by atomic mass is 10.1. The molecule has 0 aliphatic carbocycles. The van der Waals surface area contributed by atoms with E-state index in [-0.39, 0.29) is 11.5 Å². The van der Waals surface area contributed by atoms with Gasteiger partial charge in [-0.05, 0) is 31.2 Å². The summed E-state index contributed by atoms with van der Waals surface area (Å²) in [5.41, 5.74) is 0.701. The first-order valence-electron chi connectivity index (χ1n) is 8.54. The zero-order valence-corrected chi connectivity index (χ0v) is 16.2. The van der Waals surface area contributed by atoms with Gasteiger partial charge in [0, 0.05) is 19.6 Å². The number of carbonyl (C=O) groups is 1. The molecule has 0 fully saturated rings. The molecule has 0 atom stereocenters. The van der Waals surface area contributed by atoms with Crippen molar-refractivity contribution in [3.63, 3.8) is 0 Å². The van der Waals surface area contributed by atoms with Crippen molar-refractivity contribution in [2.45, 2.75) is 48.1 Å². The van der Waals surface area contributed by atoms with Gasteiger partial charge in [-0.3, -0.25) is 14.2 Å². The highest BCUT2D eigenvalue weighted by molar-refractivity contribution is 7.20. The summed E-state index contributed by atoms with van der Waals surface area (Å²) in [7, 11) is 0. The number of aromatic nitrogens is 2. The number of hydrogen-bond acceptors (Lipinski definition) is 4. The van der Waals surface area contributed by atoms with Crippen LogP contribution in [-0.4, -0.2) is 33.4 Å². The Morgan fingerprint density at radius 2 is 1.83 bits per heavy atom. The molecule has 0 aliphatic heterocycles. The molecule has 0 aromatic carbocycles. The molecule has 0 aliphatic rings. The van der Waals surface area contributed by atoms with Crippen molar-refractivity contribution in [3.8, 4) is 0 Å². The largest absolute Gasteiger partial charge is 0.337 e. The number of hydrogen-bond donors (Lipinski definition) is 0. The Labute approximate surface area is 147 Å². The Hall–Kier alpha value is -1.69. The first kappa shape index (κ1) is 18.6. The van der Waals surface area contributed by atoms with E-state index in [1.54, 1.807) is 10.9 Å². The fourth-order valence-electron chi connectivity index (χ4n) is 2.85. The fraction of sp³-hybridized carbons (Fsp3) is 0.611. The number of thiophene rings is 1. The van der Waals surface area contributed by atoms with Gasteiger partial charge in [0.25, 0.3) is 11.5 Å². The minimum atomic E-state index is -0.0606. The highest BCUT2D eigenvalue weighted by atomic mass is 32.1. The average Bonchev–Trinajstić information content (AvgIpc) is 2.83. The minimum absolute atomic E-state index is 0.0142. The second-order valence-electron chi connectivity index (χ2n) is 7.07. The number of nitrogens with zero attached hydrogens (tertiary/aromatic N) is 3. The van der Waals surface area contributed by atoms with Crippen LogP contribution in [-0.2, 0) is 6.54 Å².